The summed E-state index contributed by atoms with van der Waals surface area (Å²) in [5.41, 5.74) is 9.18. The zero-order valence-electron chi connectivity index (χ0n) is 14.7. The molecule has 0 bridgehead atoms. The SMILES string of the molecule is Cl.NCCN(CCc1ccccc1)Cc1cn(Cc2cccnc2)nn1. The molecule has 0 saturated carbocycles. The lowest BCUT2D eigenvalue weighted by molar-refractivity contribution is 0.273. The van der Waals surface area contributed by atoms with Gasteiger partial charge in [-0.3, -0.25) is 9.88 Å². The monoisotopic (exact) mass is 372 g/mol. The second-order valence-electron chi connectivity index (χ2n) is 6.07. The number of nitrogens with zero attached hydrogens (tertiary/aromatic N) is 5. The largest absolute Gasteiger partial charge is 0.329 e. The Morgan fingerprint density at radius 2 is 1.81 bits per heavy atom. The van der Waals surface area contributed by atoms with E-state index in [-0.39, 0.29) is 12.4 Å². The van der Waals surface area contributed by atoms with Crippen LogP contribution in [0.5, 0.6) is 0 Å². The van der Waals surface area contributed by atoms with Crippen molar-refractivity contribution in [1.29, 1.82) is 0 Å². The first-order valence-corrected chi connectivity index (χ1v) is 8.58. The first-order chi connectivity index (χ1) is 12.3. The number of hydrogen-bond donors (Lipinski definition) is 1. The summed E-state index contributed by atoms with van der Waals surface area (Å²) in [6.07, 6.45) is 6.62. The van der Waals surface area contributed by atoms with Crippen LogP contribution in [-0.4, -0.2) is 44.5 Å². The Labute approximate surface area is 160 Å². The zero-order chi connectivity index (χ0) is 17.3. The zero-order valence-corrected chi connectivity index (χ0v) is 15.6. The normalized spacial score (nSPS) is 10.7. The summed E-state index contributed by atoms with van der Waals surface area (Å²) in [6, 6.07) is 14.5. The van der Waals surface area contributed by atoms with Crippen molar-refractivity contribution in [3.8, 4) is 0 Å². The van der Waals surface area contributed by atoms with E-state index in [9.17, 15) is 0 Å². The van der Waals surface area contributed by atoms with Crippen molar-refractivity contribution >= 4 is 12.4 Å². The van der Waals surface area contributed by atoms with Crippen molar-refractivity contribution in [2.24, 2.45) is 5.73 Å². The molecule has 2 heterocycles. The molecule has 7 heteroatoms. The van der Waals surface area contributed by atoms with Gasteiger partial charge in [-0.05, 0) is 23.6 Å². The van der Waals surface area contributed by atoms with Gasteiger partial charge in [0.2, 0.25) is 0 Å². The Kier molecular flexibility index (Phi) is 8.21. The molecular weight excluding hydrogens is 348 g/mol. The van der Waals surface area contributed by atoms with Gasteiger partial charge in [-0.1, -0.05) is 41.6 Å². The van der Waals surface area contributed by atoms with Crippen molar-refractivity contribution < 1.29 is 0 Å². The molecule has 0 fully saturated rings. The van der Waals surface area contributed by atoms with Gasteiger partial charge in [0.05, 0.1) is 18.4 Å². The van der Waals surface area contributed by atoms with Gasteiger partial charge in [0.1, 0.15) is 0 Å². The van der Waals surface area contributed by atoms with Gasteiger partial charge in [-0.2, -0.15) is 0 Å². The summed E-state index contributed by atoms with van der Waals surface area (Å²) in [5, 5.41) is 8.52. The van der Waals surface area contributed by atoms with Gasteiger partial charge < -0.3 is 5.73 Å². The Morgan fingerprint density at radius 3 is 2.54 bits per heavy atom. The van der Waals surface area contributed by atoms with E-state index >= 15 is 0 Å². The standard InChI is InChI=1S/C19H24N6.ClH/c20-9-12-24(11-8-17-5-2-1-3-6-17)15-19-16-25(23-22-19)14-18-7-4-10-21-13-18;/h1-7,10,13,16H,8-9,11-12,14-15,20H2;1H. The minimum atomic E-state index is 0. The van der Waals surface area contributed by atoms with Crippen LogP contribution in [0.15, 0.2) is 61.1 Å². The predicted octanol–water partition coefficient (Wildman–Crippen LogP) is 2.15. The number of aromatic nitrogens is 4. The molecule has 0 aliphatic heterocycles. The molecule has 138 valence electrons. The van der Waals surface area contributed by atoms with Gasteiger partial charge in [0.25, 0.3) is 0 Å². The molecule has 1 aromatic carbocycles. The van der Waals surface area contributed by atoms with Gasteiger partial charge in [0, 0.05) is 38.6 Å². The van der Waals surface area contributed by atoms with Crippen LogP contribution in [0.3, 0.4) is 0 Å². The summed E-state index contributed by atoms with van der Waals surface area (Å²) >= 11 is 0. The molecule has 3 rings (SSSR count). The number of hydrogen-bond acceptors (Lipinski definition) is 5. The molecular formula is C19H25ClN6. The smallest absolute Gasteiger partial charge is 0.0967 e. The third-order valence-electron chi connectivity index (χ3n) is 4.04. The van der Waals surface area contributed by atoms with E-state index in [0.717, 1.165) is 37.3 Å². The summed E-state index contributed by atoms with van der Waals surface area (Å²) < 4.78 is 1.85. The number of benzene rings is 1. The van der Waals surface area contributed by atoms with Crippen molar-refractivity contribution in [1.82, 2.24) is 24.9 Å². The fraction of sp³-hybridized carbons (Fsp3) is 0.316. The Morgan fingerprint density at radius 1 is 1.00 bits per heavy atom. The molecule has 0 saturated heterocycles. The minimum absolute atomic E-state index is 0. The molecule has 0 spiro atoms. The summed E-state index contributed by atoms with van der Waals surface area (Å²) in [6.45, 7) is 3.89. The maximum atomic E-state index is 5.77. The van der Waals surface area contributed by atoms with Crippen LogP contribution in [0.2, 0.25) is 0 Å². The van der Waals surface area contributed by atoms with Crippen LogP contribution in [0.25, 0.3) is 0 Å². The second kappa shape index (κ2) is 10.7. The van der Waals surface area contributed by atoms with E-state index in [4.69, 9.17) is 5.73 Å². The molecule has 3 aromatic rings. The Hall–Kier alpha value is -2.28. The predicted molar refractivity (Wildman–Crippen MR) is 105 cm³/mol. The lowest BCUT2D eigenvalue weighted by Crippen LogP contribution is -2.31. The van der Waals surface area contributed by atoms with Gasteiger partial charge >= 0.3 is 0 Å². The molecule has 0 unspecified atom stereocenters. The van der Waals surface area contributed by atoms with Crippen molar-refractivity contribution in [3.63, 3.8) is 0 Å². The maximum absolute atomic E-state index is 5.77. The van der Waals surface area contributed by atoms with Crippen molar-refractivity contribution in [2.75, 3.05) is 19.6 Å². The number of rotatable bonds is 9. The molecule has 0 amide bonds. The van der Waals surface area contributed by atoms with Crippen LogP contribution in [-0.2, 0) is 19.5 Å². The molecule has 0 aliphatic carbocycles. The molecule has 2 aromatic heterocycles. The van der Waals surface area contributed by atoms with Crippen LogP contribution in [0.1, 0.15) is 16.8 Å². The van der Waals surface area contributed by atoms with E-state index in [1.807, 2.05) is 35.3 Å². The molecule has 6 nitrogen and oxygen atoms in total. The molecule has 2 N–H and O–H groups in total. The van der Waals surface area contributed by atoms with Crippen LogP contribution >= 0.6 is 12.4 Å². The van der Waals surface area contributed by atoms with E-state index in [1.54, 1.807) is 6.20 Å². The number of halogens is 1. The van der Waals surface area contributed by atoms with Crippen molar-refractivity contribution in [2.45, 2.75) is 19.5 Å². The second-order valence-corrected chi connectivity index (χ2v) is 6.07. The minimum Gasteiger partial charge on any atom is -0.329 e. The highest BCUT2D eigenvalue weighted by Crippen LogP contribution is 2.06. The topological polar surface area (TPSA) is 72.9 Å². The quantitative estimate of drug-likeness (QED) is 0.623. The Bertz CT molecular complexity index is 747. The molecule has 0 aliphatic rings. The lowest BCUT2D eigenvalue weighted by atomic mass is 10.1. The number of pyridine rings is 1. The fourth-order valence-electron chi connectivity index (χ4n) is 2.78. The molecule has 0 atom stereocenters. The highest BCUT2D eigenvalue weighted by molar-refractivity contribution is 5.85. The fourth-order valence-corrected chi connectivity index (χ4v) is 2.78. The van der Waals surface area contributed by atoms with E-state index < -0.39 is 0 Å². The Balaban J connectivity index is 0.00000243. The highest BCUT2D eigenvalue weighted by atomic mass is 35.5. The lowest BCUT2D eigenvalue weighted by Gasteiger charge is -2.20. The molecule has 26 heavy (non-hydrogen) atoms. The van der Waals surface area contributed by atoms with Crippen molar-refractivity contribution in [3.05, 3.63) is 77.9 Å². The summed E-state index contributed by atoms with van der Waals surface area (Å²) in [4.78, 5) is 6.45. The average Bonchev–Trinajstić information content (AvgIpc) is 3.08. The van der Waals surface area contributed by atoms with E-state index in [2.05, 4.69) is 44.5 Å². The van der Waals surface area contributed by atoms with Crippen LogP contribution in [0, 0.1) is 0 Å². The third kappa shape index (κ3) is 6.22. The summed E-state index contributed by atoms with van der Waals surface area (Å²) in [7, 11) is 0. The van der Waals surface area contributed by atoms with E-state index in [1.165, 1.54) is 5.56 Å². The summed E-state index contributed by atoms with van der Waals surface area (Å²) in [5.74, 6) is 0. The first-order valence-electron chi connectivity index (χ1n) is 8.58. The first kappa shape index (κ1) is 20.0. The number of nitrogens with two attached hydrogens (primary N) is 1. The van der Waals surface area contributed by atoms with Gasteiger partial charge in [0.15, 0.2) is 0 Å². The maximum Gasteiger partial charge on any atom is 0.0967 e. The van der Waals surface area contributed by atoms with Crippen LogP contribution < -0.4 is 5.73 Å². The molecule has 0 radical (unpaired) electrons. The van der Waals surface area contributed by atoms with Gasteiger partial charge in [-0.25, -0.2) is 4.68 Å². The van der Waals surface area contributed by atoms with E-state index in [0.29, 0.717) is 13.1 Å². The van der Waals surface area contributed by atoms with Gasteiger partial charge in [-0.15, -0.1) is 17.5 Å². The third-order valence-corrected chi connectivity index (χ3v) is 4.04. The highest BCUT2D eigenvalue weighted by Gasteiger charge is 2.09. The van der Waals surface area contributed by atoms with Crippen LogP contribution in [0.4, 0.5) is 0 Å². The average molecular weight is 373 g/mol.